The largest absolute Gasteiger partial charge is 0.412 e. The van der Waals surface area contributed by atoms with E-state index in [4.69, 9.17) is 0 Å². The highest BCUT2D eigenvalue weighted by atomic mass is 19.4. The normalized spacial score (nSPS) is 28.5. The standard InChI is InChI=1S/C26H36F4/c1-2-3-19-6-12-22(13-7-19)23-14-8-20(9-15-23)4-5-21-10-16-24(17-11-21)25(27)18-26(28,29)30/h10-11,16-20,22-23H,2-9,12-15H2,1H3/b25-18-. The van der Waals surface area contributed by atoms with Gasteiger partial charge in [0.2, 0.25) is 0 Å². The molecule has 0 bridgehead atoms. The van der Waals surface area contributed by atoms with Crippen molar-refractivity contribution in [1.29, 1.82) is 0 Å². The monoisotopic (exact) mass is 424 g/mol. The van der Waals surface area contributed by atoms with E-state index in [1.807, 2.05) is 0 Å². The number of allylic oxidation sites excluding steroid dienone is 1. The molecule has 168 valence electrons. The summed E-state index contributed by atoms with van der Waals surface area (Å²) in [4.78, 5) is 0. The van der Waals surface area contributed by atoms with E-state index in [2.05, 4.69) is 6.92 Å². The van der Waals surface area contributed by atoms with Crippen molar-refractivity contribution in [1.82, 2.24) is 0 Å². The van der Waals surface area contributed by atoms with Crippen LogP contribution >= 0.6 is 0 Å². The van der Waals surface area contributed by atoms with Crippen LogP contribution in [0.5, 0.6) is 0 Å². The Balaban J connectivity index is 1.39. The van der Waals surface area contributed by atoms with E-state index in [9.17, 15) is 17.6 Å². The van der Waals surface area contributed by atoms with Gasteiger partial charge in [0.15, 0.2) is 0 Å². The summed E-state index contributed by atoms with van der Waals surface area (Å²) in [6.45, 7) is 2.30. The summed E-state index contributed by atoms with van der Waals surface area (Å²) < 4.78 is 50.5. The smallest absolute Gasteiger partial charge is 0.206 e. The molecule has 0 unspecified atom stereocenters. The SMILES string of the molecule is CCCC1CCC(C2CCC(CCc3ccc(/C(F)=C/C(F)(F)F)cc3)CC2)CC1. The molecule has 2 aliphatic rings. The minimum atomic E-state index is -4.63. The number of aryl methyl sites for hydroxylation is 1. The van der Waals surface area contributed by atoms with E-state index >= 15 is 0 Å². The Bertz CT molecular complexity index is 657. The van der Waals surface area contributed by atoms with Crippen LogP contribution in [-0.4, -0.2) is 6.18 Å². The van der Waals surface area contributed by atoms with Gasteiger partial charge < -0.3 is 0 Å². The van der Waals surface area contributed by atoms with Gasteiger partial charge in [-0.1, -0.05) is 69.7 Å². The Hall–Kier alpha value is -1.32. The van der Waals surface area contributed by atoms with Crippen LogP contribution in [0.2, 0.25) is 0 Å². The third-order valence-corrected chi connectivity index (χ3v) is 7.51. The molecule has 2 fully saturated rings. The molecular formula is C26H36F4. The van der Waals surface area contributed by atoms with Crippen molar-refractivity contribution in [3.05, 3.63) is 41.5 Å². The van der Waals surface area contributed by atoms with Crippen LogP contribution in [0.3, 0.4) is 0 Å². The van der Waals surface area contributed by atoms with Crippen LogP contribution in [0.4, 0.5) is 17.6 Å². The number of halogens is 4. The summed E-state index contributed by atoms with van der Waals surface area (Å²) in [5.41, 5.74) is 1.07. The van der Waals surface area contributed by atoms with Gasteiger partial charge in [-0.2, -0.15) is 13.2 Å². The van der Waals surface area contributed by atoms with E-state index < -0.39 is 12.0 Å². The van der Waals surface area contributed by atoms with Crippen LogP contribution < -0.4 is 0 Å². The molecule has 0 radical (unpaired) electrons. The Morgan fingerprint density at radius 1 is 0.833 bits per heavy atom. The van der Waals surface area contributed by atoms with Gasteiger partial charge in [0.05, 0.1) is 6.08 Å². The molecule has 0 aromatic heterocycles. The second-order valence-corrected chi connectivity index (χ2v) is 9.62. The van der Waals surface area contributed by atoms with Gasteiger partial charge in [-0.05, 0) is 67.8 Å². The lowest BCUT2D eigenvalue weighted by Gasteiger charge is -2.38. The molecule has 2 aliphatic carbocycles. The quantitative estimate of drug-likeness (QED) is 0.383. The van der Waals surface area contributed by atoms with Crippen molar-refractivity contribution in [2.45, 2.75) is 90.1 Å². The third-order valence-electron chi connectivity index (χ3n) is 7.51. The highest BCUT2D eigenvalue weighted by Gasteiger charge is 2.30. The number of hydrogen-bond acceptors (Lipinski definition) is 0. The fraction of sp³-hybridized carbons (Fsp3) is 0.692. The van der Waals surface area contributed by atoms with Crippen molar-refractivity contribution in [2.75, 3.05) is 0 Å². The van der Waals surface area contributed by atoms with Crippen molar-refractivity contribution in [2.24, 2.45) is 23.7 Å². The van der Waals surface area contributed by atoms with E-state index in [1.54, 1.807) is 12.1 Å². The lowest BCUT2D eigenvalue weighted by Crippen LogP contribution is -2.26. The maximum Gasteiger partial charge on any atom is 0.412 e. The molecule has 0 N–H and O–H groups in total. The fourth-order valence-electron chi connectivity index (χ4n) is 5.73. The molecule has 0 nitrogen and oxygen atoms in total. The molecule has 3 rings (SSSR count). The number of hydrogen-bond donors (Lipinski definition) is 0. The highest BCUT2D eigenvalue weighted by molar-refractivity contribution is 5.59. The van der Waals surface area contributed by atoms with E-state index in [1.165, 1.54) is 76.3 Å². The average molecular weight is 425 g/mol. The third kappa shape index (κ3) is 7.13. The second-order valence-electron chi connectivity index (χ2n) is 9.62. The molecule has 4 heteroatoms. The van der Waals surface area contributed by atoms with E-state index in [-0.39, 0.29) is 11.6 Å². The van der Waals surface area contributed by atoms with E-state index in [0.29, 0.717) is 0 Å². The molecule has 30 heavy (non-hydrogen) atoms. The Morgan fingerprint density at radius 2 is 1.33 bits per heavy atom. The van der Waals surface area contributed by atoms with Crippen molar-refractivity contribution >= 4 is 5.83 Å². The van der Waals surface area contributed by atoms with Crippen LogP contribution in [0.25, 0.3) is 5.83 Å². The predicted octanol–water partition coefficient (Wildman–Crippen LogP) is 8.90. The van der Waals surface area contributed by atoms with Gasteiger partial charge in [-0.3, -0.25) is 0 Å². The van der Waals surface area contributed by atoms with Gasteiger partial charge >= 0.3 is 6.18 Å². The molecule has 0 aliphatic heterocycles. The maximum atomic E-state index is 13.6. The number of benzene rings is 1. The highest BCUT2D eigenvalue weighted by Crippen LogP contribution is 2.43. The van der Waals surface area contributed by atoms with Crippen molar-refractivity contribution in [3.63, 3.8) is 0 Å². The van der Waals surface area contributed by atoms with Gasteiger partial charge in [0.25, 0.3) is 0 Å². The van der Waals surface area contributed by atoms with Gasteiger partial charge in [0, 0.05) is 5.56 Å². The maximum absolute atomic E-state index is 13.6. The van der Waals surface area contributed by atoms with Crippen molar-refractivity contribution in [3.8, 4) is 0 Å². The first kappa shape index (κ1) is 23.3. The molecule has 1 aromatic carbocycles. The molecule has 0 atom stereocenters. The molecule has 0 amide bonds. The minimum Gasteiger partial charge on any atom is -0.206 e. The number of rotatable bonds is 7. The molecule has 0 spiro atoms. The molecular weight excluding hydrogens is 388 g/mol. The van der Waals surface area contributed by atoms with Crippen LogP contribution in [0, 0.1) is 23.7 Å². The van der Waals surface area contributed by atoms with Gasteiger partial charge in [0.1, 0.15) is 5.83 Å². The minimum absolute atomic E-state index is 0.00904. The van der Waals surface area contributed by atoms with Crippen LogP contribution in [-0.2, 0) is 6.42 Å². The Kier molecular flexibility index (Phi) is 8.42. The van der Waals surface area contributed by atoms with Gasteiger partial charge in [-0.25, -0.2) is 4.39 Å². The first-order valence-electron chi connectivity index (χ1n) is 11.9. The number of alkyl halides is 3. The first-order chi connectivity index (χ1) is 14.3. The molecule has 1 aromatic rings. The lowest BCUT2D eigenvalue weighted by molar-refractivity contribution is -0.0798. The predicted molar refractivity (Wildman–Crippen MR) is 116 cm³/mol. The summed E-state index contributed by atoms with van der Waals surface area (Å²) in [5.74, 6) is 2.37. The van der Waals surface area contributed by atoms with E-state index in [0.717, 1.165) is 42.1 Å². The van der Waals surface area contributed by atoms with Crippen LogP contribution in [0.1, 0.15) is 88.7 Å². The molecule has 2 saturated carbocycles. The average Bonchev–Trinajstić information content (AvgIpc) is 2.73. The van der Waals surface area contributed by atoms with Crippen molar-refractivity contribution < 1.29 is 17.6 Å². The Morgan fingerprint density at radius 3 is 1.80 bits per heavy atom. The zero-order valence-corrected chi connectivity index (χ0v) is 18.2. The fourth-order valence-corrected chi connectivity index (χ4v) is 5.73. The summed E-state index contributed by atoms with van der Waals surface area (Å²) >= 11 is 0. The van der Waals surface area contributed by atoms with Crippen LogP contribution in [0.15, 0.2) is 30.3 Å². The zero-order chi connectivity index (χ0) is 21.6. The molecule has 0 saturated heterocycles. The zero-order valence-electron chi connectivity index (χ0n) is 18.2. The molecule has 0 heterocycles. The van der Waals surface area contributed by atoms with Gasteiger partial charge in [-0.15, -0.1) is 0 Å². The summed E-state index contributed by atoms with van der Waals surface area (Å²) in [6, 6.07) is 6.44. The second kappa shape index (κ2) is 10.8. The summed E-state index contributed by atoms with van der Waals surface area (Å²) in [6.07, 6.45) is 10.9. The lowest BCUT2D eigenvalue weighted by atomic mass is 9.68. The summed E-state index contributed by atoms with van der Waals surface area (Å²) in [7, 11) is 0. The summed E-state index contributed by atoms with van der Waals surface area (Å²) in [5, 5.41) is 0. The Labute approximate surface area is 179 Å². The first-order valence-corrected chi connectivity index (χ1v) is 11.9. The topological polar surface area (TPSA) is 0 Å².